The highest BCUT2D eigenvalue weighted by Gasteiger charge is 2.44. The summed E-state index contributed by atoms with van der Waals surface area (Å²) in [5, 5.41) is 2.72. The molecule has 8 heteroatoms. The predicted octanol–water partition coefficient (Wildman–Crippen LogP) is 0.394. The second-order valence-electron chi connectivity index (χ2n) is 5.79. The highest BCUT2D eigenvalue weighted by Crippen LogP contribution is 2.25. The Morgan fingerprint density at radius 2 is 1.83 bits per heavy atom. The zero-order valence-corrected chi connectivity index (χ0v) is 14.7. The number of nitrogens with one attached hydrogen (secondary N) is 1. The van der Waals surface area contributed by atoms with Gasteiger partial charge in [-0.2, -0.15) is 0 Å². The first-order chi connectivity index (χ1) is 11.1. The maximum absolute atomic E-state index is 11.5. The molecule has 0 spiro atoms. The quantitative estimate of drug-likeness (QED) is 0.671. The van der Waals surface area contributed by atoms with Crippen molar-refractivity contribution >= 4 is 17.8 Å². The van der Waals surface area contributed by atoms with Crippen molar-refractivity contribution in [1.29, 1.82) is 0 Å². The lowest BCUT2D eigenvalue weighted by atomic mass is 9.91. The van der Waals surface area contributed by atoms with E-state index in [4.69, 9.17) is 19.9 Å². The molecule has 0 aromatic rings. The minimum Gasteiger partial charge on any atom is -0.489 e. The molecule has 1 aliphatic heterocycles. The molecule has 24 heavy (non-hydrogen) atoms. The predicted molar refractivity (Wildman–Crippen MR) is 85.6 cm³/mol. The van der Waals surface area contributed by atoms with Gasteiger partial charge in [0.05, 0.1) is 17.8 Å². The number of ether oxygens (including phenoxy) is 3. The highest BCUT2D eigenvalue weighted by molar-refractivity contribution is 5.73. The lowest BCUT2D eigenvalue weighted by Crippen LogP contribution is -2.62. The number of hydrogen-bond acceptors (Lipinski definition) is 7. The van der Waals surface area contributed by atoms with Crippen LogP contribution in [0.2, 0.25) is 0 Å². The molecule has 3 N–H and O–H groups in total. The molecular formula is C16H26N2O6. The zero-order valence-electron chi connectivity index (χ0n) is 14.7. The molecule has 0 saturated heterocycles. The minimum absolute atomic E-state index is 0.292. The van der Waals surface area contributed by atoms with Gasteiger partial charge < -0.3 is 25.3 Å². The number of rotatable bonds is 6. The Kier molecular flexibility index (Phi) is 7.21. The van der Waals surface area contributed by atoms with Crippen LogP contribution in [0.15, 0.2) is 11.8 Å². The fourth-order valence-corrected chi connectivity index (χ4v) is 2.75. The molecule has 5 atom stereocenters. The van der Waals surface area contributed by atoms with E-state index < -0.39 is 42.3 Å². The standard InChI is InChI=1S/C16H26N2O6/c1-6-13(23-10(4)20)15(24-11(5)21)16-14(18-9(3)19)12(17)7-8(2)22-16/h7,12-16H,6,17H2,1-5H3,(H,18,19)/t12-,13+,14+,15+,16+/m0/s1. The summed E-state index contributed by atoms with van der Waals surface area (Å²) in [4.78, 5) is 34.4. The van der Waals surface area contributed by atoms with Crippen LogP contribution in [0.3, 0.4) is 0 Å². The summed E-state index contributed by atoms with van der Waals surface area (Å²) in [5.41, 5.74) is 6.10. The van der Waals surface area contributed by atoms with Gasteiger partial charge >= 0.3 is 11.9 Å². The normalized spacial score (nSPS) is 25.6. The van der Waals surface area contributed by atoms with Crippen LogP contribution < -0.4 is 11.1 Å². The fraction of sp³-hybridized carbons (Fsp3) is 0.688. The highest BCUT2D eigenvalue weighted by atomic mass is 16.6. The van der Waals surface area contributed by atoms with Gasteiger partial charge in [0.1, 0.15) is 6.10 Å². The van der Waals surface area contributed by atoms with Gasteiger partial charge in [0.25, 0.3) is 0 Å². The van der Waals surface area contributed by atoms with E-state index in [1.807, 2.05) is 0 Å². The molecular weight excluding hydrogens is 316 g/mol. The molecule has 0 unspecified atom stereocenters. The number of amides is 1. The molecule has 0 bridgehead atoms. The van der Waals surface area contributed by atoms with Crippen LogP contribution in [0, 0.1) is 0 Å². The third-order valence-corrected chi connectivity index (χ3v) is 3.60. The maximum Gasteiger partial charge on any atom is 0.303 e. The van der Waals surface area contributed by atoms with Crippen molar-refractivity contribution < 1.29 is 28.6 Å². The Balaban J connectivity index is 3.19. The largest absolute Gasteiger partial charge is 0.489 e. The fourth-order valence-electron chi connectivity index (χ4n) is 2.75. The number of esters is 2. The van der Waals surface area contributed by atoms with Crippen LogP contribution in [0.1, 0.15) is 41.0 Å². The van der Waals surface area contributed by atoms with Crippen LogP contribution in [-0.4, -0.2) is 48.2 Å². The van der Waals surface area contributed by atoms with E-state index in [9.17, 15) is 14.4 Å². The van der Waals surface area contributed by atoms with Crippen molar-refractivity contribution in [3.63, 3.8) is 0 Å². The summed E-state index contributed by atoms with van der Waals surface area (Å²) in [7, 11) is 0. The van der Waals surface area contributed by atoms with Gasteiger partial charge in [-0.3, -0.25) is 14.4 Å². The Morgan fingerprint density at radius 3 is 2.29 bits per heavy atom. The third kappa shape index (κ3) is 5.52. The number of hydrogen-bond donors (Lipinski definition) is 2. The van der Waals surface area contributed by atoms with E-state index >= 15 is 0 Å². The number of allylic oxidation sites excluding steroid dienone is 1. The topological polar surface area (TPSA) is 117 Å². The third-order valence-electron chi connectivity index (χ3n) is 3.60. The van der Waals surface area contributed by atoms with E-state index in [0.29, 0.717) is 12.2 Å². The van der Waals surface area contributed by atoms with Crippen LogP contribution >= 0.6 is 0 Å². The summed E-state index contributed by atoms with van der Waals surface area (Å²) < 4.78 is 16.4. The van der Waals surface area contributed by atoms with Crippen molar-refractivity contribution in [3.8, 4) is 0 Å². The smallest absolute Gasteiger partial charge is 0.303 e. The van der Waals surface area contributed by atoms with Crippen molar-refractivity contribution in [1.82, 2.24) is 5.32 Å². The monoisotopic (exact) mass is 342 g/mol. The van der Waals surface area contributed by atoms with Gasteiger partial charge in [-0.1, -0.05) is 6.92 Å². The summed E-state index contributed by atoms with van der Waals surface area (Å²) in [6.45, 7) is 7.40. The molecule has 0 aliphatic carbocycles. The summed E-state index contributed by atoms with van der Waals surface area (Å²) in [6, 6.07) is -1.15. The van der Waals surface area contributed by atoms with E-state index in [0.717, 1.165) is 0 Å². The summed E-state index contributed by atoms with van der Waals surface area (Å²) >= 11 is 0. The van der Waals surface area contributed by atoms with Crippen molar-refractivity contribution in [2.75, 3.05) is 0 Å². The van der Waals surface area contributed by atoms with Crippen LogP contribution in [0.25, 0.3) is 0 Å². The number of carbonyl (C=O) groups excluding carboxylic acids is 3. The van der Waals surface area contributed by atoms with Gasteiger partial charge in [-0.05, 0) is 19.4 Å². The van der Waals surface area contributed by atoms with Gasteiger partial charge in [0, 0.05) is 20.8 Å². The van der Waals surface area contributed by atoms with Crippen LogP contribution in [0.5, 0.6) is 0 Å². The molecule has 1 rings (SSSR count). The molecule has 0 saturated carbocycles. The van der Waals surface area contributed by atoms with Crippen LogP contribution in [-0.2, 0) is 28.6 Å². The van der Waals surface area contributed by atoms with Gasteiger partial charge in [-0.25, -0.2) is 0 Å². The van der Waals surface area contributed by atoms with Crippen LogP contribution in [0.4, 0.5) is 0 Å². The number of nitrogens with two attached hydrogens (primary N) is 1. The van der Waals surface area contributed by atoms with Crippen molar-refractivity contribution in [2.45, 2.75) is 71.4 Å². The van der Waals surface area contributed by atoms with Crippen molar-refractivity contribution in [2.24, 2.45) is 5.73 Å². The number of carbonyl (C=O) groups is 3. The van der Waals surface area contributed by atoms with E-state index in [-0.39, 0.29) is 5.91 Å². The lowest BCUT2D eigenvalue weighted by molar-refractivity contribution is -0.179. The molecule has 8 nitrogen and oxygen atoms in total. The summed E-state index contributed by atoms with van der Waals surface area (Å²) in [5.74, 6) is -0.790. The van der Waals surface area contributed by atoms with Gasteiger partial charge in [-0.15, -0.1) is 0 Å². The van der Waals surface area contributed by atoms with Gasteiger partial charge in [0.2, 0.25) is 5.91 Å². The lowest BCUT2D eigenvalue weighted by Gasteiger charge is -2.41. The second-order valence-corrected chi connectivity index (χ2v) is 5.79. The molecule has 0 aromatic carbocycles. The Bertz CT molecular complexity index is 519. The molecule has 1 aliphatic rings. The Labute approximate surface area is 141 Å². The zero-order chi connectivity index (χ0) is 18.4. The Morgan fingerprint density at radius 1 is 1.25 bits per heavy atom. The van der Waals surface area contributed by atoms with E-state index in [1.54, 1.807) is 19.9 Å². The second kappa shape index (κ2) is 8.68. The molecule has 0 aromatic heterocycles. The van der Waals surface area contributed by atoms with E-state index in [1.165, 1.54) is 20.8 Å². The SMILES string of the molecule is CC[C@@H](OC(C)=O)[C@@H](OC(C)=O)[C@@H]1OC(C)=C[C@H](N)[C@H]1NC(C)=O. The molecule has 0 fully saturated rings. The molecule has 1 heterocycles. The van der Waals surface area contributed by atoms with E-state index in [2.05, 4.69) is 5.32 Å². The molecule has 1 amide bonds. The average molecular weight is 342 g/mol. The minimum atomic E-state index is -0.900. The first kappa shape index (κ1) is 20.0. The first-order valence-corrected chi connectivity index (χ1v) is 7.87. The molecule has 136 valence electrons. The van der Waals surface area contributed by atoms with Gasteiger partial charge in [0.15, 0.2) is 12.2 Å². The van der Waals surface area contributed by atoms with Crippen molar-refractivity contribution in [3.05, 3.63) is 11.8 Å². The first-order valence-electron chi connectivity index (χ1n) is 7.87. The maximum atomic E-state index is 11.5. The Hall–Kier alpha value is -2.09. The molecule has 0 radical (unpaired) electrons. The summed E-state index contributed by atoms with van der Waals surface area (Å²) in [6.07, 6.45) is -0.313. The average Bonchev–Trinajstić information content (AvgIpc) is 2.44.